The molecule has 0 unspecified atom stereocenters. The van der Waals surface area contributed by atoms with Gasteiger partial charge in [-0.25, -0.2) is 4.39 Å². The van der Waals surface area contributed by atoms with Gasteiger partial charge < -0.3 is 14.5 Å². The predicted octanol–water partition coefficient (Wildman–Crippen LogP) is 4.38. The van der Waals surface area contributed by atoms with Crippen LogP contribution in [-0.2, 0) is 4.79 Å². The molecule has 3 aromatic rings. The molecule has 0 saturated heterocycles. The Morgan fingerprint density at radius 3 is 2.88 bits per heavy atom. The predicted molar refractivity (Wildman–Crippen MR) is 99.7 cm³/mol. The summed E-state index contributed by atoms with van der Waals surface area (Å²) in [7, 11) is 1.55. The van der Waals surface area contributed by atoms with Crippen molar-refractivity contribution in [1.82, 2.24) is 10.2 Å². The van der Waals surface area contributed by atoms with Gasteiger partial charge in [0.2, 0.25) is 5.91 Å². The average Bonchev–Trinajstić information content (AvgIpc) is 3.11. The van der Waals surface area contributed by atoms with Crippen LogP contribution in [0, 0.1) is 5.82 Å². The monoisotopic (exact) mass is 437 g/mol. The van der Waals surface area contributed by atoms with Gasteiger partial charge in [-0.05, 0) is 30.3 Å². The van der Waals surface area contributed by atoms with E-state index in [-0.39, 0.29) is 22.6 Å². The van der Waals surface area contributed by atoms with Crippen LogP contribution >= 0.6 is 27.7 Å². The third-order valence-electron chi connectivity index (χ3n) is 3.28. The third kappa shape index (κ3) is 4.41. The van der Waals surface area contributed by atoms with Gasteiger partial charge in [-0.1, -0.05) is 39.8 Å². The molecule has 6 nitrogen and oxygen atoms in total. The van der Waals surface area contributed by atoms with Crippen molar-refractivity contribution in [3.8, 4) is 17.2 Å². The summed E-state index contributed by atoms with van der Waals surface area (Å²) >= 11 is 4.22. The van der Waals surface area contributed by atoms with E-state index in [1.165, 1.54) is 12.1 Å². The molecular formula is C17H13BrFN3O3S. The first kappa shape index (κ1) is 18.4. The molecule has 0 atom stereocenters. The number of ether oxygens (including phenoxy) is 1. The second kappa shape index (κ2) is 8.33. The number of nitrogens with one attached hydrogen (secondary N) is 1. The van der Waals surface area contributed by atoms with Crippen LogP contribution in [0.15, 0.2) is 56.6 Å². The summed E-state index contributed by atoms with van der Waals surface area (Å²) in [4.78, 5) is 12.0. The van der Waals surface area contributed by atoms with Crippen LogP contribution < -0.4 is 10.1 Å². The Labute approximate surface area is 161 Å². The van der Waals surface area contributed by atoms with Crippen molar-refractivity contribution in [1.29, 1.82) is 0 Å². The zero-order valence-electron chi connectivity index (χ0n) is 13.5. The number of methoxy groups -OCH3 is 1. The number of benzene rings is 2. The van der Waals surface area contributed by atoms with E-state index in [4.69, 9.17) is 9.15 Å². The highest BCUT2D eigenvalue weighted by atomic mass is 79.9. The van der Waals surface area contributed by atoms with Gasteiger partial charge in [-0.3, -0.25) is 4.79 Å². The van der Waals surface area contributed by atoms with Crippen molar-refractivity contribution in [2.24, 2.45) is 0 Å². The molecule has 1 N–H and O–H groups in total. The fourth-order valence-electron chi connectivity index (χ4n) is 2.10. The Morgan fingerprint density at radius 1 is 1.31 bits per heavy atom. The topological polar surface area (TPSA) is 77.2 Å². The number of thioether (sulfide) groups is 1. The SMILES string of the molecule is COc1ccccc1-c1nnc(SCC(=O)Nc2ccc(Br)cc2F)o1. The first-order chi connectivity index (χ1) is 12.6. The molecule has 2 aromatic carbocycles. The van der Waals surface area contributed by atoms with Crippen molar-refractivity contribution in [3.63, 3.8) is 0 Å². The van der Waals surface area contributed by atoms with E-state index in [0.717, 1.165) is 11.8 Å². The lowest BCUT2D eigenvalue weighted by molar-refractivity contribution is -0.113. The Morgan fingerprint density at radius 2 is 2.12 bits per heavy atom. The third-order valence-corrected chi connectivity index (χ3v) is 4.59. The number of nitrogens with zero attached hydrogens (tertiary/aromatic N) is 2. The molecule has 9 heteroatoms. The van der Waals surface area contributed by atoms with Crippen LogP contribution in [0.2, 0.25) is 0 Å². The summed E-state index contributed by atoms with van der Waals surface area (Å²) in [5, 5.41) is 10.6. The quantitative estimate of drug-likeness (QED) is 0.576. The van der Waals surface area contributed by atoms with Crippen LogP contribution in [0.1, 0.15) is 0 Å². The highest BCUT2D eigenvalue weighted by Gasteiger charge is 2.15. The minimum absolute atomic E-state index is 0.00304. The molecule has 0 aliphatic heterocycles. The van der Waals surface area contributed by atoms with Gasteiger partial charge in [0.05, 0.1) is 24.1 Å². The summed E-state index contributed by atoms with van der Waals surface area (Å²) < 4.78 is 25.1. The number of hydrogen-bond acceptors (Lipinski definition) is 6. The molecule has 0 bridgehead atoms. The number of hydrogen-bond donors (Lipinski definition) is 1. The van der Waals surface area contributed by atoms with Gasteiger partial charge in [0.15, 0.2) is 0 Å². The van der Waals surface area contributed by atoms with Crippen molar-refractivity contribution in [2.45, 2.75) is 5.22 Å². The maximum Gasteiger partial charge on any atom is 0.277 e. The maximum absolute atomic E-state index is 13.7. The summed E-state index contributed by atoms with van der Waals surface area (Å²) in [6.45, 7) is 0. The van der Waals surface area contributed by atoms with Gasteiger partial charge in [0.25, 0.3) is 11.1 Å². The normalized spacial score (nSPS) is 10.6. The van der Waals surface area contributed by atoms with E-state index in [1.54, 1.807) is 25.3 Å². The summed E-state index contributed by atoms with van der Waals surface area (Å²) in [5.74, 6) is 0.00554. The van der Waals surface area contributed by atoms with Gasteiger partial charge in [-0.2, -0.15) is 0 Å². The summed E-state index contributed by atoms with van der Waals surface area (Å²) in [6.07, 6.45) is 0. The molecular weight excluding hydrogens is 425 g/mol. The lowest BCUT2D eigenvalue weighted by atomic mass is 10.2. The van der Waals surface area contributed by atoms with Gasteiger partial charge in [0.1, 0.15) is 11.6 Å². The molecule has 3 rings (SSSR count). The Balaban J connectivity index is 1.62. The second-order valence-electron chi connectivity index (χ2n) is 5.03. The van der Waals surface area contributed by atoms with Crippen LogP contribution in [-0.4, -0.2) is 29.0 Å². The molecule has 26 heavy (non-hydrogen) atoms. The lowest BCUT2D eigenvalue weighted by Crippen LogP contribution is -2.15. The van der Waals surface area contributed by atoms with Crippen LogP contribution in [0.25, 0.3) is 11.5 Å². The van der Waals surface area contributed by atoms with Crippen LogP contribution in [0.5, 0.6) is 5.75 Å². The van der Waals surface area contributed by atoms with Crippen molar-refractivity contribution in [2.75, 3.05) is 18.2 Å². The molecule has 1 aromatic heterocycles. The fourth-order valence-corrected chi connectivity index (χ4v) is 3.00. The van der Waals surface area contributed by atoms with Crippen molar-refractivity contribution in [3.05, 3.63) is 52.8 Å². The largest absolute Gasteiger partial charge is 0.496 e. The minimum atomic E-state index is -0.519. The smallest absolute Gasteiger partial charge is 0.277 e. The molecule has 0 fully saturated rings. The van der Waals surface area contributed by atoms with Gasteiger partial charge >= 0.3 is 0 Å². The van der Waals surface area contributed by atoms with E-state index >= 15 is 0 Å². The van der Waals surface area contributed by atoms with E-state index < -0.39 is 5.82 Å². The van der Waals surface area contributed by atoms with Crippen molar-refractivity contribution < 1.29 is 18.3 Å². The zero-order valence-corrected chi connectivity index (χ0v) is 15.9. The maximum atomic E-state index is 13.7. The van der Waals surface area contributed by atoms with E-state index in [0.29, 0.717) is 21.7 Å². The van der Waals surface area contributed by atoms with Gasteiger partial charge in [0, 0.05) is 4.47 Å². The molecule has 134 valence electrons. The number of carbonyl (C=O) groups excluding carboxylic acids is 1. The summed E-state index contributed by atoms with van der Waals surface area (Å²) in [5.41, 5.74) is 0.773. The Kier molecular flexibility index (Phi) is 5.89. The highest BCUT2D eigenvalue weighted by Crippen LogP contribution is 2.30. The first-order valence-electron chi connectivity index (χ1n) is 7.41. The van der Waals surface area contributed by atoms with E-state index in [1.807, 2.05) is 12.1 Å². The van der Waals surface area contributed by atoms with Crippen LogP contribution in [0.3, 0.4) is 0 Å². The molecule has 0 saturated carbocycles. The van der Waals surface area contributed by atoms with E-state index in [2.05, 4.69) is 31.4 Å². The molecule has 0 aliphatic rings. The standard InChI is InChI=1S/C17H13BrFN3O3S/c1-24-14-5-3-2-4-11(14)16-21-22-17(25-16)26-9-15(23)20-13-7-6-10(18)8-12(13)19/h2-8H,9H2,1H3,(H,20,23). The molecule has 0 spiro atoms. The zero-order chi connectivity index (χ0) is 18.5. The lowest BCUT2D eigenvalue weighted by Gasteiger charge is -2.05. The molecule has 1 amide bonds. The van der Waals surface area contributed by atoms with Gasteiger partial charge in [-0.15, -0.1) is 10.2 Å². The average molecular weight is 438 g/mol. The first-order valence-corrected chi connectivity index (χ1v) is 9.19. The second-order valence-corrected chi connectivity index (χ2v) is 6.88. The van der Waals surface area contributed by atoms with Crippen molar-refractivity contribution >= 4 is 39.3 Å². The fraction of sp³-hybridized carbons (Fsp3) is 0.118. The summed E-state index contributed by atoms with van der Waals surface area (Å²) in [6, 6.07) is 11.6. The number of halogens is 2. The number of anilines is 1. The number of rotatable bonds is 6. The Bertz CT molecular complexity index is 935. The highest BCUT2D eigenvalue weighted by molar-refractivity contribution is 9.10. The Hall–Kier alpha value is -2.39. The molecule has 0 aliphatic carbocycles. The number of carbonyl (C=O) groups is 1. The number of aromatic nitrogens is 2. The van der Waals surface area contributed by atoms with Crippen LogP contribution in [0.4, 0.5) is 10.1 Å². The minimum Gasteiger partial charge on any atom is -0.496 e. The molecule has 0 radical (unpaired) electrons. The number of para-hydroxylation sites is 1. The van der Waals surface area contributed by atoms with E-state index in [9.17, 15) is 9.18 Å². The molecule has 1 heterocycles. The number of amides is 1.